The molecule has 1 rings (SSSR count). The number of pyridine rings is 1. The summed E-state index contributed by atoms with van der Waals surface area (Å²) in [6.45, 7) is 5.39. The van der Waals surface area contributed by atoms with Gasteiger partial charge in [0.1, 0.15) is 11.2 Å². The summed E-state index contributed by atoms with van der Waals surface area (Å²) in [5.41, 5.74) is 1.00. The van der Waals surface area contributed by atoms with E-state index in [4.69, 9.17) is 11.6 Å². The first-order valence-corrected chi connectivity index (χ1v) is 6.25. The molecular formula is C13H17ClN2O3. The van der Waals surface area contributed by atoms with Gasteiger partial charge in [-0.3, -0.25) is 4.79 Å². The van der Waals surface area contributed by atoms with Gasteiger partial charge in [0, 0.05) is 11.3 Å². The summed E-state index contributed by atoms with van der Waals surface area (Å²) in [6.07, 6.45) is 0. The fraction of sp³-hybridized carbons (Fsp3) is 0.462. The predicted molar refractivity (Wildman–Crippen MR) is 72.1 cm³/mol. The number of hydrogen-bond donors (Lipinski definition) is 1. The van der Waals surface area contributed by atoms with Crippen LogP contribution in [0.15, 0.2) is 12.1 Å². The lowest BCUT2D eigenvalue weighted by Crippen LogP contribution is -2.45. The van der Waals surface area contributed by atoms with Crippen LogP contribution < -0.4 is 5.32 Å². The summed E-state index contributed by atoms with van der Waals surface area (Å²) in [4.78, 5) is 27.6. The standard InChI is InChI=1S/C13H17ClN2O3/c1-7(2)11(13(18)19-4)16-12(17)9-5-8(3)15-10(14)6-9/h5-7,11H,1-4H3,(H,16,17)/t11-/m0/s1. The molecule has 1 aromatic heterocycles. The number of nitrogens with one attached hydrogen (secondary N) is 1. The summed E-state index contributed by atoms with van der Waals surface area (Å²) >= 11 is 5.80. The molecule has 0 aromatic carbocycles. The highest BCUT2D eigenvalue weighted by atomic mass is 35.5. The van der Waals surface area contributed by atoms with E-state index in [9.17, 15) is 9.59 Å². The number of hydrogen-bond acceptors (Lipinski definition) is 4. The fourth-order valence-electron chi connectivity index (χ4n) is 1.61. The average molecular weight is 285 g/mol. The summed E-state index contributed by atoms with van der Waals surface area (Å²) < 4.78 is 4.67. The van der Waals surface area contributed by atoms with Gasteiger partial charge in [-0.05, 0) is 25.0 Å². The van der Waals surface area contributed by atoms with E-state index in [-0.39, 0.29) is 17.0 Å². The van der Waals surface area contributed by atoms with Crippen LogP contribution in [-0.2, 0) is 9.53 Å². The molecule has 1 amide bonds. The number of aromatic nitrogens is 1. The van der Waals surface area contributed by atoms with Crippen LogP contribution in [0.5, 0.6) is 0 Å². The molecule has 104 valence electrons. The molecule has 0 aliphatic heterocycles. The van der Waals surface area contributed by atoms with Crippen molar-refractivity contribution in [3.8, 4) is 0 Å². The van der Waals surface area contributed by atoms with E-state index in [0.717, 1.165) is 0 Å². The van der Waals surface area contributed by atoms with Crippen LogP contribution in [0.25, 0.3) is 0 Å². The van der Waals surface area contributed by atoms with Crippen LogP contribution in [0.1, 0.15) is 29.9 Å². The number of carbonyl (C=O) groups excluding carboxylic acids is 2. The number of amides is 1. The third-order valence-electron chi connectivity index (χ3n) is 2.59. The van der Waals surface area contributed by atoms with E-state index in [1.807, 2.05) is 13.8 Å². The number of methoxy groups -OCH3 is 1. The zero-order chi connectivity index (χ0) is 14.6. The van der Waals surface area contributed by atoms with Crippen molar-refractivity contribution in [1.82, 2.24) is 10.3 Å². The lowest BCUT2D eigenvalue weighted by atomic mass is 10.0. The van der Waals surface area contributed by atoms with Crippen molar-refractivity contribution in [1.29, 1.82) is 0 Å². The first-order chi connectivity index (χ1) is 8.85. The van der Waals surface area contributed by atoms with Crippen LogP contribution in [-0.4, -0.2) is 30.0 Å². The minimum Gasteiger partial charge on any atom is -0.467 e. The molecule has 1 atom stereocenters. The molecule has 0 fully saturated rings. The second kappa shape index (κ2) is 6.52. The number of carbonyl (C=O) groups is 2. The highest BCUT2D eigenvalue weighted by molar-refractivity contribution is 6.29. The molecule has 1 N–H and O–H groups in total. The Morgan fingerprint density at radius 3 is 2.47 bits per heavy atom. The number of halogens is 1. The number of nitrogens with zero attached hydrogens (tertiary/aromatic N) is 1. The maximum atomic E-state index is 12.1. The minimum absolute atomic E-state index is 0.0743. The smallest absolute Gasteiger partial charge is 0.328 e. The summed E-state index contributed by atoms with van der Waals surface area (Å²) in [6, 6.07) is 2.37. The van der Waals surface area contributed by atoms with Gasteiger partial charge in [0.05, 0.1) is 7.11 Å². The van der Waals surface area contributed by atoms with Crippen molar-refractivity contribution in [3.05, 3.63) is 28.5 Å². The van der Waals surface area contributed by atoms with E-state index in [0.29, 0.717) is 11.3 Å². The van der Waals surface area contributed by atoms with E-state index in [1.54, 1.807) is 13.0 Å². The Kier molecular flexibility index (Phi) is 5.30. The Bertz CT molecular complexity index is 469. The highest BCUT2D eigenvalue weighted by Gasteiger charge is 2.25. The number of ether oxygens (including phenoxy) is 1. The van der Waals surface area contributed by atoms with Crippen molar-refractivity contribution < 1.29 is 14.3 Å². The van der Waals surface area contributed by atoms with Gasteiger partial charge in [0.15, 0.2) is 0 Å². The molecule has 0 unspecified atom stereocenters. The van der Waals surface area contributed by atoms with Crippen molar-refractivity contribution in [2.45, 2.75) is 26.8 Å². The molecule has 0 saturated carbocycles. The van der Waals surface area contributed by atoms with Crippen LogP contribution in [0.4, 0.5) is 0 Å². The number of rotatable bonds is 4. The number of aryl methyl sites for hydroxylation is 1. The van der Waals surface area contributed by atoms with Gasteiger partial charge in [-0.1, -0.05) is 25.4 Å². The van der Waals surface area contributed by atoms with Gasteiger partial charge >= 0.3 is 5.97 Å². The quantitative estimate of drug-likeness (QED) is 0.678. The molecule has 19 heavy (non-hydrogen) atoms. The molecule has 6 heteroatoms. The Morgan fingerprint density at radius 1 is 1.37 bits per heavy atom. The lowest BCUT2D eigenvalue weighted by Gasteiger charge is -2.19. The molecular weight excluding hydrogens is 268 g/mol. The maximum absolute atomic E-state index is 12.1. The predicted octanol–water partition coefficient (Wildman–Crippen LogP) is 1.97. The van der Waals surface area contributed by atoms with Crippen LogP contribution in [0.3, 0.4) is 0 Å². The van der Waals surface area contributed by atoms with E-state index in [1.165, 1.54) is 13.2 Å². The third-order valence-corrected chi connectivity index (χ3v) is 2.79. The van der Waals surface area contributed by atoms with Crippen molar-refractivity contribution in [2.24, 2.45) is 5.92 Å². The van der Waals surface area contributed by atoms with Crippen molar-refractivity contribution in [2.75, 3.05) is 7.11 Å². The zero-order valence-corrected chi connectivity index (χ0v) is 12.1. The van der Waals surface area contributed by atoms with E-state index in [2.05, 4.69) is 15.0 Å². The summed E-state index contributed by atoms with van der Waals surface area (Å²) in [7, 11) is 1.29. The van der Waals surface area contributed by atoms with Gasteiger partial charge < -0.3 is 10.1 Å². The van der Waals surface area contributed by atoms with Gasteiger partial charge in [-0.15, -0.1) is 0 Å². The van der Waals surface area contributed by atoms with Gasteiger partial charge in [0.2, 0.25) is 0 Å². The van der Waals surface area contributed by atoms with Crippen LogP contribution >= 0.6 is 11.6 Å². The molecule has 1 heterocycles. The molecule has 1 aromatic rings. The molecule has 5 nitrogen and oxygen atoms in total. The van der Waals surface area contributed by atoms with E-state index >= 15 is 0 Å². The Morgan fingerprint density at radius 2 is 2.00 bits per heavy atom. The van der Waals surface area contributed by atoms with Crippen molar-refractivity contribution in [3.63, 3.8) is 0 Å². The maximum Gasteiger partial charge on any atom is 0.328 e. The first kappa shape index (κ1) is 15.4. The largest absolute Gasteiger partial charge is 0.467 e. The SMILES string of the molecule is COC(=O)[C@@H](NC(=O)c1cc(C)nc(Cl)c1)C(C)C. The first-order valence-electron chi connectivity index (χ1n) is 5.88. The van der Waals surface area contributed by atoms with Crippen molar-refractivity contribution >= 4 is 23.5 Å². The molecule has 0 aliphatic rings. The van der Waals surface area contributed by atoms with Crippen LogP contribution in [0.2, 0.25) is 5.15 Å². The monoisotopic (exact) mass is 284 g/mol. The Hall–Kier alpha value is -1.62. The third kappa shape index (κ3) is 4.21. The summed E-state index contributed by atoms with van der Waals surface area (Å²) in [5, 5.41) is 2.88. The topological polar surface area (TPSA) is 68.3 Å². The average Bonchev–Trinajstić information content (AvgIpc) is 2.33. The highest BCUT2D eigenvalue weighted by Crippen LogP contribution is 2.12. The van der Waals surface area contributed by atoms with Gasteiger partial charge in [0.25, 0.3) is 5.91 Å². The molecule has 0 spiro atoms. The zero-order valence-electron chi connectivity index (χ0n) is 11.4. The second-order valence-electron chi connectivity index (χ2n) is 4.54. The van der Waals surface area contributed by atoms with Gasteiger partial charge in [-0.2, -0.15) is 0 Å². The summed E-state index contributed by atoms with van der Waals surface area (Å²) in [5.74, 6) is -0.925. The van der Waals surface area contributed by atoms with E-state index < -0.39 is 12.0 Å². The Labute approximate surface area is 117 Å². The minimum atomic E-state index is -0.690. The second-order valence-corrected chi connectivity index (χ2v) is 4.93. The lowest BCUT2D eigenvalue weighted by molar-refractivity contribution is -0.144. The van der Waals surface area contributed by atoms with Crippen LogP contribution in [0, 0.1) is 12.8 Å². The molecule has 0 aliphatic carbocycles. The fourth-order valence-corrected chi connectivity index (χ4v) is 1.86. The van der Waals surface area contributed by atoms with Gasteiger partial charge in [-0.25, -0.2) is 9.78 Å². The normalized spacial score (nSPS) is 12.1. The molecule has 0 radical (unpaired) electrons. The Balaban J connectivity index is 2.90. The molecule has 0 saturated heterocycles. The number of esters is 1. The molecule has 0 bridgehead atoms.